The molecule has 4 nitrogen and oxygen atoms in total. The molecular weight excluding hydrogens is 300 g/mol. The van der Waals surface area contributed by atoms with Crippen LogP contribution in [0.25, 0.3) is 4.96 Å². The summed E-state index contributed by atoms with van der Waals surface area (Å²) < 4.78 is 2.18. The van der Waals surface area contributed by atoms with Crippen molar-refractivity contribution in [3.8, 4) is 0 Å². The Hall–Kier alpha value is -1.37. The van der Waals surface area contributed by atoms with Gasteiger partial charge in [-0.1, -0.05) is 6.07 Å². The highest BCUT2D eigenvalue weighted by molar-refractivity contribution is 7.15. The minimum Gasteiger partial charge on any atom is -0.347 e. The topological polar surface area (TPSA) is 46.6 Å². The van der Waals surface area contributed by atoms with E-state index in [1.165, 1.54) is 10.6 Å². The number of thiophene rings is 1. The number of rotatable bonds is 6. The molecule has 0 bridgehead atoms. The zero-order chi connectivity index (χ0) is 14.8. The Kier molecular flexibility index (Phi) is 4.28. The Morgan fingerprint density at radius 1 is 1.33 bits per heavy atom. The van der Waals surface area contributed by atoms with E-state index < -0.39 is 0 Å². The molecule has 0 aliphatic rings. The lowest BCUT2D eigenvalue weighted by atomic mass is 10.2. The lowest BCUT2D eigenvalue weighted by Gasteiger charge is -2.27. The Morgan fingerprint density at radius 2 is 2.19 bits per heavy atom. The summed E-state index contributed by atoms with van der Waals surface area (Å²) in [5.74, 6) is 1.08. The molecule has 0 spiro atoms. The van der Waals surface area contributed by atoms with E-state index in [-0.39, 0.29) is 0 Å². The average Bonchev–Trinajstić information content (AvgIpc) is 3.14. The minimum absolute atomic E-state index is 0.397. The number of fused-ring (bicyclic) bond motifs is 1. The van der Waals surface area contributed by atoms with Crippen molar-refractivity contribution in [2.75, 3.05) is 11.4 Å². The van der Waals surface area contributed by atoms with Crippen molar-refractivity contribution < 1.29 is 0 Å². The van der Waals surface area contributed by atoms with E-state index in [1.807, 2.05) is 0 Å². The number of thiazole rings is 1. The molecule has 0 aliphatic carbocycles. The van der Waals surface area contributed by atoms with E-state index in [0.29, 0.717) is 12.6 Å². The van der Waals surface area contributed by atoms with Crippen molar-refractivity contribution in [3.63, 3.8) is 0 Å². The number of anilines is 1. The summed E-state index contributed by atoms with van der Waals surface area (Å²) >= 11 is 3.47. The van der Waals surface area contributed by atoms with Crippen molar-refractivity contribution in [1.29, 1.82) is 0 Å². The highest BCUT2D eigenvalue weighted by atomic mass is 32.1. The molecule has 0 unspecified atom stereocenters. The molecule has 0 saturated carbocycles. The van der Waals surface area contributed by atoms with Crippen LogP contribution in [-0.4, -0.2) is 22.0 Å². The maximum absolute atomic E-state index is 5.81. The molecular formula is C15H20N4S2. The SMILES string of the molecule is CC(C)N(Cc1cccs1)c1nc2sccn2c1CCN. The first-order valence-electron chi connectivity index (χ1n) is 7.14. The normalized spacial score (nSPS) is 11.6. The van der Waals surface area contributed by atoms with Gasteiger partial charge in [0, 0.05) is 28.9 Å². The zero-order valence-electron chi connectivity index (χ0n) is 12.3. The molecule has 3 aromatic rings. The second kappa shape index (κ2) is 6.17. The number of imidazole rings is 1. The third kappa shape index (κ3) is 2.84. The lowest BCUT2D eigenvalue weighted by Crippen LogP contribution is -2.31. The Bertz CT molecular complexity index is 696. The molecule has 0 aromatic carbocycles. The molecule has 0 radical (unpaired) electrons. The number of nitrogens with zero attached hydrogens (tertiary/aromatic N) is 3. The Balaban J connectivity index is 2.01. The van der Waals surface area contributed by atoms with Gasteiger partial charge < -0.3 is 10.6 Å². The van der Waals surface area contributed by atoms with Crippen molar-refractivity contribution in [2.24, 2.45) is 5.73 Å². The third-order valence-electron chi connectivity index (χ3n) is 3.52. The second-order valence-corrected chi connectivity index (χ2v) is 7.18. The molecule has 2 N–H and O–H groups in total. The monoisotopic (exact) mass is 320 g/mol. The molecule has 6 heteroatoms. The van der Waals surface area contributed by atoms with Crippen LogP contribution in [-0.2, 0) is 13.0 Å². The van der Waals surface area contributed by atoms with Crippen molar-refractivity contribution in [1.82, 2.24) is 9.38 Å². The fourth-order valence-electron chi connectivity index (χ4n) is 2.49. The van der Waals surface area contributed by atoms with Gasteiger partial charge in [0.15, 0.2) is 10.8 Å². The molecule has 0 amide bonds. The van der Waals surface area contributed by atoms with E-state index in [4.69, 9.17) is 10.7 Å². The maximum atomic E-state index is 5.81. The fourth-order valence-corrected chi connectivity index (χ4v) is 3.92. The zero-order valence-corrected chi connectivity index (χ0v) is 14.0. The summed E-state index contributed by atoms with van der Waals surface area (Å²) in [7, 11) is 0. The van der Waals surface area contributed by atoms with Gasteiger partial charge in [-0.05, 0) is 31.8 Å². The van der Waals surface area contributed by atoms with E-state index in [0.717, 1.165) is 23.7 Å². The van der Waals surface area contributed by atoms with Gasteiger partial charge in [0.25, 0.3) is 0 Å². The highest BCUT2D eigenvalue weighted by Gasteiger charge is 2.21. The van der Waals surface area contributed by atoms with Crippen LogP contribution >= 0.6 is 22.7 Å². The molecule has 0 fully saturated rings. The summed E-state index contributed by atoms with van der Waals surface area (Å²) in [4.78, 5) is 9.63. The van der Waals surface area contributed by atoms with Gasteiger partial charge in [0.05, 0.1) is 12.2 Å². The van der Waals surface area contributed by atoms with Crippen molar-refractivity contribution in [2.45, 2.75) is 32.9 Å². The van der Waals surface area contributed by atoms with Gasteiger partial charge in [0.1, 0.15) is 0 Å². The first-order valence-corrected chi connectivity index (χ1v) is 8.90. The van der Waals surface area contributed by atoms with Crippen LogP contribution in [0.2, 0.25) is 0 Å². The Morgan fingerprint density at radius 3 is 2.86 bits per heavy atom. The van der Waals surface area contributed by atoms with Crippen LogP contribution in [0.3, 0.4) is 0 Å². The van der Waals surface area contributed by atoms with Gasteiger partial charge in [0.2, 0.25) is 0 Å². The van der Waals surface area contributed by atoms with Crippen LogP contribution < -0.4 is 10.6 Å². The molecule has 21 heavy (non-hydrogen) atoms. The quantitative estimate of drug-likeness (QED) is 0.757. The standard InChI is InChI=1S/C15H20N4S2/c1-11(2)19(10-12-4-3-8-20-12)14-13(5-6-16)18-7-9-21-15(18)17-14/h3-4,7-9,11H,5-6,10,16H2,1-2H3. The van der Waals surface area contributed by atoms with Gasteiger partial charge in [-0.3, -0.25) is 4.40 Å². The smallest absolute Gasteiger partial charge is 0.195 e. The molecule has 0 aliphatic heterocycles. The fraction of sp³-hybridized carbons (Fsp3) is 0.400. The van der Waals surface area contributed by atoms with E-state index in [2.05, 4.69) is 52.2 Å². The van der Waals surface area contributed by atoms with Crippen molar-refractivity contribution in [3.05, 3.63) is 39.7 Å². The van der Waals surface area contributed by atoms with E-state index >= 15 is 0 Å². The number of aromatic nitrogens is 2. The van der Waals surface area contributed by atoms with Gasteiger partial charge in [-0.25, -0.2) is 4.98 Å². The molecule has 3 heterocycles. The van der Waals surface area contributed by atoms with Crippen LogP contribution in [0.5, 0.6) is 0 Å². The minimum atomic E-state index is 0.397. The molecule has 0 atom stereocenters. The average molecular weight is 320 g/mol. The van der Waals surface area contributed by atoms with Gasteiger partial charge >= 0.3 is 0 Å². The number of hydrogen-bond donors (Lipinski definition) is 1. The summed E-state index contributed by atoms with van der Waals surface area (Å²) in [5.41, 5.74) is 7.03. The molecule has 3 aromatic heterocycles. The van der Waals surface area contributed by atoms with Crippen LogP contribution in [0.4, 0.5) is 5.82 Å². The first kappa shape index (κ1) is 14.6. The van der Waals surface area contributed by atoms with Crippen LogP contribution in [0.1, 0.15) is 24.4 Å². The lowest BCUT2D eigenvalue weighted by molar-refractivity contribution is 0.673. The van der Waals surface area contributed by atoms with Crippen LogP contribution in [0, 0.1) is 0 Å². The maximum Gasteiger partial charge on any atom is 0.195 e. The summed E-state index contributed by atoms with van der Waals surface area (Å²) in [6, 6.07) is 4.68. The van der Waals surface area contributed by atoms with E-state index in [9.17, 15) is 0 Å². The van der Waals surface area contributed by atoms with Gasteiger partial charge in [-0.15, -0.1) is 22.7 Å². The third-order valence-corrected chi connectivity index (χ3v) is 5.14. The summed E-state index contributed by atoms with van der Waals surface area (Å²) in [6.45, 7) is 5.97. The van der Waals surface area contributed by atoms with Crippen LogP contribution in [0.15, 0.2) is 29.1 Å². The molecule has 0 saturated heterocycles. The Labute approximate surface area is 132 Å². The largest absolute Gasteiger partial charge is 0.347 e. The number of hydrogen-bond acceptors (Lipinski definition) is 5. The predicted molar refractivity (Wildman–Crippen MR) is 91.5 cm³/mol. The summed E-state index contributed by atoms with van der Waals surface area (Å²) in [6.07, 6.45) is 2.94. The van der Waals surface area contributed by atoms with Gasteiger partial charge in [-0.2, -0.15) is 0 Å². The number of nitrogens with two attached hydrogens (primary N) is 1. The molecule has 3 rings (SSSR count). The summed E-state index contributed by atoms with van der Waals surface area (Å²) in [5, 5.41) is 4.20. The van der Waals surface area contributed by atoms with E-state index in [1.54, 1.807) is 22.7 Å². The van der Waals surface area contributed by atoms with Crippen molar-refractivity contribution >= 4 is 33.5 Å². The molecule has 112 valence electrons. The first-order chi connectivity index (χ1) is 10.2. The second-order valence-electron chi connectivity index (χ2n) is 5.28. The highest BCUT2D eigenvalue weighted by Crippen LogP contribution is 2.28. The predicted octanol–water partition coefficient (Wildman–Crippen LogP) is 3.37.